The summed E-state index contributed by atoms with van der Waals surface area (Å²) < 4.78 is 31.7. The van der Waals surface area contributed by atoms with Crippen LogP contribution in [0, 0.1) is 11.6 Å². The summed E-state index contributed by atoms with van der Waals surface area (Å²) in [7, 11) is 1.34. The second kappa shape index (κ2) is 4.96. The molecule has 0 aliphatic heterocycles. The van der Waals surface area contributed by atoms with E-state index in [1.165, 1.54) is 37.4 Å². The Balaban J connectivity index is 2.52. The molecular weight excluding hydrogens is 238 g/mol. The second-order valence-electron chi connectivity index (χ2n) is 3.66. The summed E-state index contributed by atoms with van der Waals surface area (Å²) in [6.07, 6.45) is 0. The SMILES string of the molecule is COc1cccc(F)c1C(=O)c1cccc(F)c1. The van der Waals surface area contributed by atoms with Crippen LogP contribution in [0.15, 0.2) is 42.5 Å². The Morgan fingerprint density at radius 1 is 1.11 bits per heavy atom. The third-order valence-electron chi connectivity index (χ3n) is 2.51. The van der Waals surface area contributed by atoms with Gasteiger partial charge < -0.3 is 4.74 Å². The number of methoxy groups -OCH3 is 1. The molecule has 2 aromatic rings. The molecule has 92 valence electrons. The van der Waals surface area contributed by atoms with Crippen LogP contribution in [0.4, 0.5) is 8.78 Å². The summed E-state index contributed by atoms with van der Waals surface area (Å²) in [5.74, 6) is -1.71. The molecule has 0 aliphatic rings. The van der Waals surface area contributed by atoms with Crippen molar-refractivity contribution < 1.29 is 18.3 Å². The number of hydrogen-bond acceptors (Lipinski definition) is 2. The number of benzene rings is 2. The largest absolute Gasteiger partial charge is 0.496 e. The average molecular weight is 248 g/mol. The Bertz CT molecular complexity index is 594. The van der Waals surface area contributed by atoms with Crippen molar-refractivity contribution in [2.45, 2.75) is 0 Å². The first-order chi connectivity index (χ1) is 8.63. The molecule has 0 aromatic heterocycles. The smallest absolute Gasteiger partial charge is 0.199 e. The van der Waals surface area contributed by atoms with E-state index in [2.05, 4.69) is 0 Å². The number of halogens is 2. The molecule has 18 heavy (non-hydrogen) atoms. The molecule has 0 saturated heterocycles. The lowest BCUT2D eigenvalue weighted by molar-refractivity contribution is 0.103. The van der Waals surface area contributed by atoms with Crippen molar-refractivity contribution in [1.82, 2.24) is 0 Å². The Kier molecular flexibility index (Phi) is 3.37. The van der Waals surface area contributed by atoms with Gasteiger partial charge in [-0.1, -0.05) is 18.2 Å². The number of carbonyl (C=O) groups excluding carboxylic acids is 1. The van der Waals surface area contributed by atoms with Crippen LogP contribution in [0.1, 0.15) is 15.9 Å². The molecule has 0 unspecified atom stereocenters. The molecule has 0 atom stereocenters. The minimum atomic E-state index is -0.691. The molecule has 0 saturated carbocycles. The van der Waals surface area contributed by atoms with Crippen molar-refractivity contribution in [1.29, 1.82) is 0 Å². The van der Waals surface area contributed by atoms with Crippen LogP contribution in [0.25, 0.3) is 0 Å². The van der Waals surface area contributed by atoms with Gasteiger partial charge in [-0.25, -0.2) is 8.78 Å². The van der Waals surface area contributed by atoms with Gasteiger partial charge in [-0.2, -0.15) is 0 Å². The van der Waals surface area contributed by atoms with E-state index in [1.54, 1.807) is 0 Å². The predicted octanol–water partition coefficient (Wildman–Crippen LogP) is 3.20. The highest BCUT2D eigenvalue weighted by molar-refractivity contribution is 6.10. The van der Waals surface area contributed by atoms with Gasteiger partial charge >= 0.3 is 0 Å². The normalized spacial score (nSPS) is 10.2. The van der Waals surface area contributed by atoms with Crippen molar-refractivity contribution in [3.63, 3.8) is 0 Å². The van der Waals surface area contributed by atoms with Crippen LogP contribution in [0.5, 0.6) is 5.75 Å². The summed E-state index contributed by atoms with van der Waals surface area (Å²) >= 11 is 0. The molecule has 0 aliphatic carbocycles. The molecule has 2 aromatic carbocycles. The third-order valence-corrected chi connectivity index (χ3v) is 2.51. The van der Waals surface area contributed by atoms with E-state index in [1.807, 2.05) is 0 Å². The highest BCUT2D eigenvalue weighted by Crippen LogP contribution is 2.24. The van der Waals surface area contributed by atoms with E-state index >= 15 is 0 Å². The van der Waals surface area contributed by atoms with Crippen LogP contribution >= 0.6 is 0 Å². The van der Waals surface area contributed by atoms with Gasteiger partial charge in [0.15, 0.2) is 5.78 Å². The summed E-state index contributed by atoms with van der Waals surface area (Å²) in [6, 6.07) is 9.19. The molecule has 0 radical (unpaired) electrons. The molecule has 0 spiro atoms. The van der Waals surface area contributed by atoms with E-state index in [0.29, 0.717) is 0 Å². The van der Waals surface area contributed by atoms with Crippen LogP contribution < -0.4 is 4.74 Å². The van der Waals surface area contributed by atoms with Gasteiger partial charge in [-0.05, 0) is 24.3 Å². The number of carbonyl (C=O) groups is 1. The predicted molar refractivity (Wildman–Crippen MR) is 62.8 cm³/mol. The highest BCUT2D eigenvalue weighted by Gasteiger charge is 2.19. The first kappa shape index (κ1) is 12.2. The van der Waals surface area contributed by atoms with E-state index in [4.69, 9.17) is 4.74 Å². The Morgan fingerprint density at radius 2 is 1.83 bits per heavy atom. The number of ether oxygens (including phenoxy) is 1. The zero-order chi connectivity index (χ0) is 13.1. The Hall–Kier alpha value is -2.23. The van der Waals surface area contributed by atoms with E-state index in [0.717, 1.165) is 12.1 Å². The lowest BCUT2D eigenvalue weighted by Gasteiger charge is -2.08. The lowest BCUT2D eigenvalue weighted by Crippen LogP contribution is -2.07. The van der Waals surface area contributed by atoms with Crippen LogP contribution in [0.3, 0.4) is 0 Å². The van der Waals surface area contributed by atoms with Gasteiger partial charge in [0.2, 0.25) is 0 Å². The minimum Gasteiger partial charge on any atom is -0.496 e. The third kappa shape index (κ3) is 2.22. The van der Waals surface area contributed by atoms with Gasteiger partial charge in [0.25, 0.3) is 0 Å². The molecule has 0 amide bonds. The summed E-state index contributed by atoms with van der Waals surface area (Å²) in [5.41, 5.74) is -0.107. The zero-order valence-electron chi connectivity index (χ0n) is 9.61. The van der Waals surface area contributed by atoms with Crippen LogP contribution in [-0.4, -0.2) is 12.9 Å². The number of ketones is 1. The van der Waals surface area contributed by atoms with Crippen molar-refractivity contribution >= 4 is 5.78 Å². The fourth-order valence-corrected chi connectivity index (χ4v) is 1.67. The quantitative estimate of drug-likeness (QED) is 0.780. The van der Waals surface area contributed by atoms with Crippen LogP contribution in [-0.2, 0) is 0 Å². The van der Waals surface area contributed by atoms with E-state index in [-0.39, 0.29) is 16.9 Å². The maximum atomic E-state index is 13.7. The number of hydrogen-bond donors (Lipinski definition) is 0. The van der Waals surface area contributed by atoms with Gasteiger partial charge in [0.05, 0.1) is 7.11 Å². The van der Waals surface area contributed by atoms with Crippen LogP contribution in [0.2, 0.25) is 0 Å². The molecule has 2 rings (SSSR count). The molecule has 0 fully saturated rings. The van der Waals surface area contributed by atoms with Crippen molar-refractivity contribution in [3.05, 3.63) is 65.2 Å². The monoisotopic (exact) mass is 248 g/mol. The summed E-state index contributed by atoms with van der Waals surface area (Å²) in [5, 5.41) is 0. The summed E-state index contributed by atoms with van der Waals surface area (Å²) in [6.45, 7) is 0. The first-order valence-corrected chi connectivity index (χ1v) is 5.26. The lowest BCUT2D eigenvalue weighted by atomic mass is 10.0. The average Bonchev–Trinajstić information content (AvgIpc) is 2.37. The standard InChI is InChI=1S/C14H10F2O2/c1-18-12-7-3-6-11(16)13(12)14(17)9-4-2-5-10(15)8-9/h2-8H,1H3. The van der Waals surface area contributed by atoms with Crippen molar-refractivity contribution in [2.75, 3.05) is 7.11 Å². The zero-order valence-corrected chi connectivity index (χ0v) is 9.61. The molecule has 0 bridgehead atoms. The highest BCUT2D eigenvalue weighted by atomic mass is 19.1. The van der Waals surface area contributed by atoms with E-state index < -0.39 is 17.4 Å². The molecule has 4 heteroatoms. The maximum absolute atomic E-state index is 13.7. The second-order valence-corrected chi connectivity index (χ2v) is 3.66. The summed E-state index contributed by atoms with van der Waals surface area (Å²) in [4.78, 5) is 12.1. The minimum absolute atomic E-state index is 0.0819. The van der Waals surface area contributed by atoms with E-state index in [9.17, 15) is 13.6 Å². The Morgan fingerprint density at radius 3 is 2.50 bits per heavy atom. The first-order valence-electron chi connectivity index (χ1n) is 5.26. The van der Waals surface area contributed by atoms with Gasteiger partial charge in [0.1, 0.15) is 22.9 Å². The fraction of sp³-hybridized carbons (Fsp3) is 0.0714. The molecule has 2 nitrogen and oxygen atoms in total. The molecule has 0 N–H and O–H groups in total. The Labute approximate surface area is 103 Å². The fourth-order valence-electron chi connectivity index (χ4n) is 1.67. The van der Waals surface area contributed by atoms with Gasteiger partial charge in [-0.15, -0.1) is 0 Å². The topological polar surface area (TPSA) is 26.3 Å². The van der Waals surface area contributed by atoms with Gasteiger partial charge in [0, 0.05) is 5.56 Å². The molecular formula is C14H10F2O2. The van der Waals surface area contributed by atoms with Crippen molar-refractivity contribution in [3.8, 4) is 5.75 Å². The maximum Gasteiger partial charge on any atom is 0.199 e. The molecule has 0 heterocycles. The number of rotatable bonds is 3. The van der Waals surface area contributed by atoms with Crippen molar-refractivity contribution in [2.24, 2.45) is 0 Å². The van der Waals surface area contributed by atoms with Gasteiger partial charge in [-0.3, -0.25) is 4.79 Å².